The highest BCUT2D eigenvalue weighted by molar-refractivity contribution is 7.10. The highest BCUT2D eigenvalue weighted by atomic mass is 32.1. The molecule has 0 unspecified atom stereocenters. The Morgan fingerprint density at radius 2 is 2.00 bits per heavy atom. The van der Waals surface area contributed by atoms with E-state index in [0.717, 1.165) is 24.3 Å². The van der Waals surface area contributed by atoms with Crippen molar-refractivity contribution in [1.29, 1.82) is 0 Å². The number of hydrogen-bond donors (Lipinski definition) is 1. The number of hydrogen-bond acceptors (Lipinski definition) is 3. The maximum Gasteiger partial charge on any atom is 0.0853 e. The standard InChI is InChI=1S/C17H19N3S/c1-3-16-17(11-20(2)19-16)18-10-15-9-14(12-21-15)13-7-5-4-6-8-13/h4-9,11-12,18H,3,10H2,1-2H3. The van der Waals surface area contributed by atoms with Crippen LogP contribution in [0.25, 0.3) is 11.1 Å². The first-order valence-electron chi connectivity index (χ1n) is 7.15. The summed E-state index contributed by atoms with van der Waals surface area (Å²) in [5.74, 6) is 0. The van der Waals surface area contributed by atoms with Gasteiger partial charge in [-0.15, -0.1) is 11.3 Å². The van der Waals surface area contributed by atoms with Crippen LogP contribution in [0.3, 0.4) is 0 Å². The molecule has 0 spiro atoms. The van der Waals surface area contributed by atoms with Crippen molar-refractivity contribution in [2.24, 2.45) is 7.05 Å². The molecule has 1 N–H and O–H groups in total. The molecule has 0 saturated heterocycles. The molecule has 3 nitrogen and oxygen atoms in total. The summed E-state index contributed by atoms with van der Waals surface area (Å²) in [4.78, 5) is 1.33. The van der Waals surface area contributed by atoms with Crippen LogP contribution in [-0.2, 0) is 20.0 Å². The van der Waals surface area contributed by atoms with Crippen LogP contribution in [-0.4, -0.2) is 9.78 Å². The molecule has 0 radical (unpaired) electrons. The zero-order valence-electron chi connectivity index (χ0n) is 12.3. The molecule has 0 atom stereocenters. The monoisotopic (exact) mass is 297 g/mol. The van der Waals surface area contributed by atoms with Gasteiger partial charge >= 0.3 is 0 Å². The van der Waals surface area contributed by atoms with Crippen molar-refractivity contribution in [1.82, 2.24) is 9.78 Å². The van der Waals surface area contributed by atoms with Crippen molar-refractivity contribution in [3.63, 3.8) is 0 Å². The zero-order valence-corrected chi connectivity index (χ0v) is 13.2. The van der Waals surface area contributed by atoms with Gasteiger partial charge < -0.3 is 5.32 Å². The molecule has 0 aliphatic rings. The van der Waals surface area contributed by atoms with Crippen LogP contribution in [0.2, 0.25) is 0 Å². The van der Waals surface area contributed by atoms with E-state index in [2.05, 4.69) is 53.1 Å². The molecule has 21 heavy (non-hydrogen) atoms. The predicted octanol–water partition coefficient (Wildman–Crippen LogP) is 4.32. The van der Waals surface area contributed by atoms with Gasteiger partial charge in [0.25, 0.3) is 0 Å². The van der Waals surface area contributed by atoms with Gasteiger partial charge in [0.15, 0.2) is 0 Å². The highest BCUT2D eigenvalue weighted by Crippen LogP contribution is 2.26. The van der Waals surface area contributed by atoms with Crippen LogP contribution in [0.15, 0.2) is 48.0 Å². The van der Waals surface area contributed by atoms with Crippen molar-refractivity contribution in [2.45, 2.75) is 19.9 Å². The van der Waals surface area contributed by atoms with E-state index in [1.165, 1.54) is 16.0 Å². The lowest BCUT2D eigenvalue weighted by Crippen LogP contribution is -1.98. The van der Waals surface area contributed by atoms with Gasteiger partial charge in [0.2, 0.25) is 0 Å². The topological polar surface area (TPSA) is 29.9 Å². The molecule has 4 heteroatoms. The number of anilines is 1. The van der Waals surface area contributed by atoms with E-state index >= 15 is 0 Å². The molecule has 0 bridgehead atoms. The number of benzene rings is 1. The van der Waals surface area contributed by atoms with Gasteiger partial charge in [0.05, 0.1) is 11.4 Å². The number of aryl methyl sites for hydroxylation is 2. The second-order valence-corrected chi connectivity index (χ2v) is 6.03. The second-order valence-electron chi connectivity index (χ2n) is 5.04. The van der Waals surface area contributed by atoms with Crippen LogP contribution < -0.4 is 5.32 Å². The molecule has 2 heterocycles. The SMILES string of the molecule is CCc1nn(C)cc1NCc1cc(-c2ccccc2)cs1. The third-order valence-electron chi connectivity index (χ3n) is 3.45. The molecule has 2 aromatic heterocycles. The van der Waals surface area contributed by atoms with Crippen molar-refractivity contribution in [2.75, 3.05) is 5.32 Å². The average Bonchev–Trinajstić information content (AvgIpc) is 3.12. The van der Waals surface area contributed by atoms with E-state index in [1.807, 2.05) is 24.0 Å². The van der Waals surface area contributed by atoms with Crippen LogP contribution in [0.1, 0.15) is 17.5 Å². The minimum atomic E-state index is 0.843. The molecule has 3 aromatic rings. The van der Waals surface area contributed by atoms with Crippen molar-refractivity contribution < 1.29 is 0 Å². The fourth-order valence-electron chi connectivity index (χ4n) is 2.38. The summed E-state index contributed by atoms with van der Waals surface area (Å²) in [5.41, 5.74) is 4.82. The summed E-state index contributed by atoms with van der Waals surface area (Å²) >= 11 is 1.79. The summed E-state index contributed by atoms with van der Waals surface area (Å²) in [7, 11) is 1.96. The highest BCUT2D eigenvalue weighted by Gasteiger charge is 2.07. The van der Waals surface area contributed by atoms with E-state index < -0.39 is 0 Å². The Balaban J connectivity index is 1.70. The first kappa shape index (κ1) is 13.9. The van der Waals surface area contributed by atoms with E-state index in [4.69, 9.17) is 0 Å². The molecule has 0 saturated carbocycles. The first-order chi connectivity index (χ1) is 10.3. The Morgan fingerprint density at radius 3 is 2.76 bits per heavy atom. The maximum absolute atomic E-state index is 4.45. The molecule has 0 aliphatic heterocycles. The molecular weight excluding hydrogens is 278 g/mol. The van der Waals surface area contributed by atoms with Gasteiger partial charge in [-0.3, -0.25) is 4.68 Å². The lowest BCUT2D eigenvalue weighted by atomic mass is 10.1. The zero-order chi connectivity index (χ0) is 14.7. The van der Waals surface area contributed by atoms with Gasteiger partial charge in [-0.2, -0.15) is 5.10 Å². The second kappa shape index (κ2) is 6.14. The summed E-state index contributed by atoms with van der Waals surface area (Å²) in [6.07, 6.45) is 2.99. The van der Waals surface area contributed by atoms with E-state index in [-0.39, 0.29) is 0 Å². The smallest absolute Gasteiger partial charge is 0.0853 e. The largest absolute Gasteiger partial charge is 0.377 e. The Bertz CT molecular complexity index is 713. The summed E-state index contributed by atoms with van der Waals surface area (Å²) in [6, 6.07) is 12.8. The van der Waals surface area contributed by atoms with Gasteiger partial charge in [-0.1, -0.05) is 37.3 Å². The van der Waals surface area contributed by atoms with Gasteiger partial charge in [-0.05, 0) is 29.0 Å². The van der Waals surface area contributed by atoms with Gasteiger partial charge in [-0.25, -0.2) is 0 Å². The quantitative estimate of drug-likeness (QED) is 0.760. The summed E-state index contributed by atoms with van der Waals surface area (Å²) in [6.45, 7) is 2.97. The van der Waals surface area contributed by atoms with E-state index in [1.54, 1.807) is 11.3 Å². The normalized spacial score (nSPS) is 10.8. The minimum absolute atomic E-state index is 0.843. The molecule has 3 rings (SSSR count). The Labute approximate surface area is 129 Å². The van der Waals surface area contributed by atoms with Crippen LogP contribution in [0.5, 0.6) is 0 Å². The number of nitrogens with zero attached hydrogens (tertiary/aromatic N) is 2. The molecule has 0 aliphatic carbocycles. The maximum atomic E-state index is 4.45. The van der Waals surface area contributed by atoms with E-state index in [9.17, 15) is 0 Å². The minimum Gasteiger partial charge on any atom is -0.377 e. The Kier molecular flexibility index (Phi) is 4.06. The lowest BCUT2D eigenvalue weighted by Gasteiger charge is -2.03. The Hall–Kier alpha value is -2.07. The number of thiophene rings is 1. The van der Waals surface area contributed by atoms with Gasteiger partial charge in [0, 0.05) is 24.7 Å². The number of aromatic nitrogens is 2. The average molecular weight is 297 g/mol. The van der Waals surface area contributed by atoms with E-state index in [0.29, 0.717) is 0 Å². The molecular formula is C17H19N3S. The molecule has 0 amide bonds. The summed E-state index contributed by atoms with van der Waals surface area (Å²) < 4.78 is 1.87. The third kappa shape index (κ3) is 3.16. The molecule has 1 aromatic carbocycles. The van der Waals surface area contributed by atoms with Gasteiger partial charge in [0.1, 0.15) is 0 Å². The van der Waals surface area contributed by atoms with Crippen molar-refractivity contribution in [3.05, 3.63) is 58.5 Å². The Morgan fingerprint density at radius 1 is 1.19 bits per heavy atom. The van der Waals surface area contributed by atoms with Crippen LogP contribution in [0.4, 0.5) is 5.69 Å². The fraction of sp³-hybridized carbons (Fsp3) is 0.235. The molecule has 0 fully saturated rings. The predicted molar refractivity (Wildman–Crippen MR) is 89.7 cm³/mol. The molecule has 108 valence electrons. The fourth-order valence-corrected chi connectivity index (χ4v) is 3.21. The number of nitrogens with one attached hydrogen (secondary N) is 1. The van der Waals surface area contributed by atoms with Crippen LogP contribution in [0, 0.1) is 0 Å². The lowest BCUT2D eigenvalue weighted by molar-refractivity contribution is 0.746. The third-order valence-corrected chi connectivity index (χ3v) is 4.39. The number of rotatable bonds is 5. The van der Waals surface area contributed by atoms with Crippen molar-refractivity contribution in [3.8, 4) is 11.1 Å². The summed E-state index contributed by atoms with van der Waals surface area (Å²) in [5, 5.41) is 10.2. The van der Waals surface area contributed by atoms with Crippen LogP contribution >= 0.6 is 11.3 Å². The van der Waals surface area contributed by atoms with Crippen molar-refractivity contribution >= 4 is 17.0 Å². The first-order valence-corrected chi connectivity index (χ1v) is 8.03.